The van der Waals surface area contributed by atoms with Crippen molar-refractivity contribution in [2.45, 2.75) is 19.6 Å². The van der Waals surface area contributed by atoms with Gasteiger partial charge in [-0.2, -0.15) is 5.10 Å². The standard InChI is InChI=1S/C12H14N2Si/c1-15(2,3)9-8-12-10-6-4-5-7-11(10)13-14-12/h4-7H,1-3H3,(H,13,14). The molecule has 0 atom stereocenters. The van der Waals surface area contributed by atoms with Gasteiger partial charge in [-0.15, -0.1) is 5.54 Å². The zero-order valence-electron chi connectivity index (χ0n) is 9.26. The summed E-state index contributed by atoms with van der Waals surface area (Å²) in [5, 5.41) is 8.31. The van der Waals surface area contributed by atoms with Crippen molar-refractivity contribution in [2.24, 2.45) is 0 Å². The summed E-state index contributed by atoms with van der Waals surface area (Å²) in [5.74, 6) is 3.20. The predicted molar refractivity (Wildman–Crippen MR) is 66.3 cm³/mol. The number of H-pyrrole nitrogens is 1. The maximum Gasteiger partial charge on any atom is 0.129 e. The lowest BCUT2D eigenvalue weighted by Gasteiger charge is -2.02. The average Bonchev–Trinajstić information content (AvgIpc) is 2.57. The van der Waals surface area contributed by atoms with Gasteiger partial charge in [0, 0.05) is 5.39 Å². The normalized spacial score (nSPS) is 11.1. The number of benzene rings is 1. The second-order valence-corrected chi connectivity index (χ2v) is 9.37. The number of nitrogens with zero attached hydrogens (tertiary/aromatic N) is 1. The molecular weight excluding hydrogens is 200 g/mol. The fourth-order valence-corrected chi connectivity index (χ4v) is 1.80. The molecule has 2 nitrogen and oxygen atoms in total. The highest BCUT2D eigenvalue weighted by molar-refractivity contribution is 6.83. The largest absolute Gasteiger partial charge is 0.269 e. The molecule has 0 spiro atoms. The van der Waals surface area contributed by atoms with E-state index in [1.165, 1.54) is 0 Å². The van der Waals surface area contributed by atoms with Crippen LogP contribution in [0.15, 0.2) is 24.3 Å². The summed E-state index contributed by atoms with van der Waals surface area (Å²) >= 11 is 0. The zero-order chi connectivity index (χ0) is 10.9. The molecule has 0 saturated carbocycles. The SMILES string of the molecule is C[Si](C)(C)C#Cc1[nH]nc2ccccc12. The Bertz CT molecular complexity index is 538. The van der Waals surface area contributed by atoms with E-state index in [1.54, 1.807) is 0 Å². The maximum absolute atomic E-state index is 4.21. The molecule has 0 amide bonds. The van der Waals surface area contributed by atoms with Crippen LogP contribution in [0.1, 0.15) is 5.69 Å². The van der Waals surface area contributed by atoms with E-state index in [1.807, 2.05) is 24.3 Å². The van der Waals surface area contributed by atoms with Crippen LogP contribution >= 0.6 is 0 Å². The maximum atomic E-state index is 4.21. The minimum absolute atomic E-state index is 0.938. The molecule has 0 radical (unpaired) electrons. The lowest BCUT2D eigenvalue weighted by Crippen LogP contribution is -2.16. The average molecular weight is 214 g/mol. The lowest BCUT2D eigenvalue weighted by atomic mass is 10.2. The van der Waals surface area contributed by atoms with E-state index in [2.05, 4.69) is 41.3 Å². The van der Waals surface area contributed by atoms with Gasteiger partial charge in [0.25, 0.3) is 0 Å². The number of aromatic nitrogens is 2. The fourth-order valence-electron chi connectivity index (χ4n) is 1.30. The van der Waals surface area contributed by atoms with Gasteiger partial charge < -0.3 is 0 Å². The molecule has 0 aliphatic rings. The third-order valence-electron chi connectivity index (χ3n) is 2.02. The van der Waals surface area contributed by atoms with Gasteiger partial charge in [-0.1, -0.05) is 37.7 Å². The molecular formula is C12H14N2Si. The molecule has 0 unspecified atom stereocenters. The third-order valence-corrected chi connectivity index (χ3v) is 2.90. The van der Waals surface area contributed by atoms with Gasteiger partial charge in [0.05, 0.1) is 5.52 Å². The summed E-state index contributed by atoms with van der Waals surface area (Å²) in [4.78, 5) is 0. The number of aromatic amines is 1. The summed E-state index contributed by atoms with van der Waals surface area (Å²) < 4.78 is 0. The van der Waals surface area contributed by atoms with Crippen LogP contribution in [0.4, 0.5) is 0 Å². The summed E-state index contributed by atoms with van der Waals surface area (Å²) in [7, 11) is -1.31. The molecule has 0 aliphatic heterocycles. The van der Waals surface area contributed by atoms with Crippen LogP contribution < -0.4 is 0 Å². The summed E-state index contributed by atoms with van der Waals surface area (Å²) in [6.07, 6.45) is 0. The Labute approximate surface area is 90.7 Å². The molecule has 0 fully saturated rings. The van der Waals surface area contributed by atoms with Crippen LogP contribution in [0, 0.1) is 11.5 Å². The van der Waals surface area contributed by atoms with Gasteiger partial charge >= 0.3 is 0 Å². The molecule has 0 saturated heterocycles. The minimum atomic E-state index is -1.31. The first-order valence-corrected chi connectivity index (χ1v) is 8.52. The number of para-hydroxylation sites is 1. The topological polar surface area (TPSA) is 28.7 Å². The van der Waals surface area contributed by atoms with Crippen LogP contribution in [0.2, 0.25) is 19.6 Å². The minimum Gasteiger partial charge on any atom is -0.269 e. The second kappa shape index (κ2) is 3.56. The van der Waals surface area contributed by atoms with Crippen molar-refractivity contribution in [1.29, 1.82) is 0 Å². The molecule has 2 aromatic rings. The Kier molecular flexibility index (Phi) is 2.37. The fraction of sp³-hybridized carbons (Fsp3) is 0.250. The third kappa shape index (κ3) is 2.28. The Morgan fingerprint density at radius 3 is 2.67 bits per heavy atom. The van der Waals surface area contributed by atoms with Gasteiger partial charge in [-0.25, -0.2) is 0 Å². The summed E-state index contributed by atoms with van der Waals surface area (Å²) in [6.45, 7) is 6.70. The highest BCUT2D eigenvalue weighted by atomic mass is 28.3. The van der Waals surface area contributed by atoms with Crippen LogP contribution in [-0.4, -0.2) is 18.3 Å². The molecule has 0 aliphatic carbocycles. The zero-order valence-corrected chi connectivity index (χ0v) is 10.3. The van der Waals surface area contributed by atoms with E-state index in [0.29, 0.717) is 0 Å². The smallest absolute Gasteiger partial charge is 0.129 e. The molecule has 0 bridgehead atoms. The number of fused-ring (bicyclic) bond motifs is 1. The van der Waals surface area contributed by atoms with E-state index < -0.39 is 8.07 Å². The lowest BCUT2D eigenvalue weighted by molar-refractivity contribution is 1.10. The van der Waals surface area contributed by atoms with E-state index in [0.717, 1.165) is 16.6 Å². The molecule has 1 heterocycles. The number of hydrogen-bond donors (Lipinski definition) is 1. The summed E-state index contributed by atoms with van der Waals surface area (Å²) in [5.41, 5.74) is 5.26. The number of rotatable bonds is 0. The molecule has 1 N–H and O–H groups in total. The van der Waals surface area contributed by atoms with Crippen molar-refractivity contribution < 1.29 is 0 Å². The van der Waals surface area contributed by atoms with Gasteiger partial charge in [0.1, 0.15) is 13.8 Å². The van der Waals surface area contributed by atoms with E-state index in [4.69, 9.17) is 0 Å². The molecule has 1 aromatic carbocycles. The Morgan fingerprint density at radius 2 is 1.93 bits per heavy atom. The summed E-state index contributed by atoms with van der Waals surface area (Å²) in [6, 6.07) is 8.04. The van der Waals surface area contributed by atoms with Crippen molar-refractivity contribution >= 4 is 19.0 Å². The van der Waals surface area contributed by atoms with Gasteiger partial charge in [0.15, 0.2) is 0 Å². The Balaban J connectivity index is 2.48. The molecule has 1 aromatic heterocycles. The van der Waals surface area contributed by atoms with Gasteiger partial charge in [-0.3, -0.25) is 5.10 Å². The van der Waals surface area contributed by atoms with E-state index in [9.17, 15) is 0 Å². The second-order valence-electron chi connectivity index (χ2n) is 4.62. The highest BCUT2D eigenvalue weighted by Gasteiger charge is 2.08. The molecule has 76 valence electrons. The van der Waals surface area contributed by atoms with Crippen LogP contribution in [0.3, 0.4) is 0 Å². The van der Waals surface area contributed by atoms with Crippen molar-refractivity contribution in [1.82, 2.24) is 10.2 Å². The van der Waals surface area contributed by atoms with Crippen molar-refractivity contribution in [3.05, 3.63) is 30.0 Å². The number of hydrogen-bond acceptors (Lipinski definition) is 1. The first kappa shape index (κ1) is 10.0. The van der Waals surface area contributed by atoms with Crippen molar-refractivity contribution in [3.8, 4) is 11.5 Å². The van der Waals surface area contributed by atoms with Gasteiger partial charge in [-0.05, 0) is 12.1 Å². The quantitative estimate of drug-likeness (QED) is 0.530. The van der Waals surface area contributed by atoms with Crippen molar-refractivity contribution in [3.63, 3.8) is 0 Å². The Hall–Kier alpha value is -1.53. The molecule has 3 heteroatoms. The first-order valence-electron chi connectivity index (χ1n) is 5.02. The van der Waals surface area contributed by atoms with Gasteiger partial charge in [0.2, 0.25) is 0 Å². The van der Waals surface area contributed by atoms with Crippen LogP contribution in [0.25, 0.3) is 10.9 Å². The number of nitrogens with one attached hydrogen (secondary N) is 1. The monoisotopic (exact) mass is 214 g/mol. The predicted octanol–water partition coefficient (Wildman–Crippen LogP) is 2.79. The van der Waals surface area contributed by atoms with E-state index >= 15 is 0 Å². The highest BCUT2D eigenvalue weighted by Crippen LogP contribution is 2.13. The Morgan fingerprint density at radius 1 is 1.20 bits per heavy atom. The van der Waals surface area contributed by atoms with Crippen LogP contribution in [-0.2, 0) is 0 Å². The first-order chi connectivity index (χ1) is 7.06. The van der Waals surface area contributed by atoms with Crippen molar-refractivity contribution in [2.75, 3.05) is 0 Å². The molecule has 2 rings (SSSR count). The van der Waals surface area contributed by atoms with Crippen LogP contribution in [0.5, 0.6) is 0 Å². The van der Waals surface area contributed by atoms with E-state index in [-0.39, 0.29) is 0 Å². The molecule has 15 heavy (non-hydrogen) atoms.